The van der Waals surface area contributed by atoms with Crippen molar-refractivity contribution < 1.29 is 44.7 Å². The molecule has 0 aliphatic heterocycles. The van der Waals surface area contributed by atoms with Gasteiger partial charge >= 0.3 is 16.8 Å². The van der Waals surface area contributed by atoms with Crippen LogP contribution in [0.3, 0.4) is 0 Å². The Kier molecular flexibility index (Phi) is 39.8. The van der Waals surface area contributed by atoms with Crippen molar-refractivity contribution in [3.05, 3.63) is 0 Å². The molecule has 0 rings (SSSR count). The molecule has 2 unspecified atom stereocenters. The van der Waals surface area contributed by atoms with Gasteiger partial charge in [0.2, 0.25) is 0 Å². The van der Waals surface area contributed by atoms with Gasteiger partial charge in [0, 0.05) is 12.3 Å². The van der Waals surface area contributed by atoms with Crippen LogP contribution in [0.4, 0.5) is 0 Å². The monoisotopic (exact) mass is 669 g/mol. The Hall–Kier alpha value is 0.806. The van der Waals surface area contributed by atoms with Crippen molar-refractivity contribution in [3.63, 3.8) is 0 Å². The summed E-state index contributed by atoms with van der Waals surface area (Å²) in [5, 5.41) is 0. The molecule has 0 amide bonds. The van der Waals surface area contributed by atoms with E-state index in [9.17, 15) is 18.9 Å². The Bertz CT molecular complexity index is 545. The Labute approximate surface area is 266 Å². The summed E-state index contributed by atoms with van der Waals surface area (Å²) in [5.74, 6) is 0. The molecule has 251 valence electrons. The predicted molar refractivity (Wildman–Crippen MR) is 170 cm³/mol. The van der Waals surface area contributed by atoms with Crippen LogP contribution < -0.4 is 9.79 Å². The van der Waals surface area contributed by atoms with E-state index in [0.29, 0.717) is 13.2 Å². The van der Waals surface area contributed by atoms with Gasteiger partial charge in [-0.25, -0.2) is 0 Å². The number of hydrogen-bond acceptors (Lipinski definition) is 6. The molecule has 41 heavy (non-hydrogen) atoms. The average molecular weight is 670 g/mol. The summed E-state index contributed by atoms with van der Waals surface area (Å²) < 4.78 is 33.4. The first kappa shape index (κ1) is 46.2. The third-order valence-electron chi connectivity index (χ3n) is 7.14. The van der Waals surface area contributed by atoms with E-state index in [2.05, 4.69) is 27.7 Å². The predicted octanol–water partition coefficient (Wildman–Crippen LogP) is 10.6. The average Bonchev–Trinajstić information content (AvgIpc) is 2.92. The van der Waals surface area contributed by atoms with Crippen LogP contribution in [-0.4, -0.2) is 25.5 Å². The third-order valence-corrected chi connectivity index (χ3v) is 10.0. The maximum absolute atomic E-state index is 11.7. The minimum atomic E-state index is -3.56. The van der Waals surface area contributed by atoms with Crippen molar-refractivity contribution in [2.75, 3.05) is 25.5 Å². The van der Waals surface area contributed by atoms with Gasteiger partial charge in [0.1, 0.15) is 15.2 Å². The zero-order chi connectivity index (χ0) is 30.2. The largest absolute Gasteiger partial charge is 2.00 e. The summed E-state index contributed by atoms with van der Waals surface area (Å²) in [6.07, 6.45) is 27.5. The smallest absolute Gasteiger partial charge is 0.778 e. The minimum Gasteiger partial charge on any atom is -0.778 e. The van der Waals surface area contributed by atoms with Crippen molar-refractivity contribution in [1.82, 2.24) is 0 Å². The molecule has 0 N–H and O–H groups in total. The van der Waals surface area contributed by atoms with Crippen molar-refractivity contribution in [2.45, 2.75) is 182 Å². The summed E-state index contributed by atoms with van der Waals surface area (Å²) in [6.45, 7) is 9.51. The van der Waals surface area contributed by atoms with Gasteiger partial charge < -0.3 is 28.0 Å². The zero-order valence-corrected chi connectivity index (χ0v) is 30.3. The van der Waals surface area contributed by atoms with Crippen molar-refractivity contribution >= 4 is 15.2 Å². The molecule has 2 atom stereocenters. The maximum Gasteiger partial charge on any atom is 2.00 e. The standard InChI is InChI=1S/2C16H35O3P.Co/c2*1-3-5-7-9-11-13-15-19-20(17,18)16-14-12-10-8-6-4-2;/h2*3-16H2,1-2H3,(H,17,18);/q;;+2/p-2. The maximum atomic E-state index is 11.7. The number of rotatable bonds is 30. The van der Waals surface area contributed by atoms with Gasteiger partial charge in [-0.15, -0.1) is 0 Å². The van der Waals surface area contributed by atoms with Crippen LogP contribution in [0.15, 0.2) is 0 Å². The summed E-state index contributed by atoms with van der Waals surface area (Å²) in [4.78, 5) is 23.3. The second-order valence-corrected chi connectivity index (χ2v) is 15.3. The van der Waals surface area contributed by atoms with E-state index >= 15 is 0 Å². The molecule has 0 heterocycles. The molecule has 0 aromatic heterocycles. The second kappa shape index (κ2) is 35.3. The van der Waals surface area contributed by atoms with Crippen LogP contribution in [0.5, 0.6) is 0 Å². The third kappa shape index (κ3) is 40.8. The van der Waals surface area contributed by atoms with E-state index in [-0.39, 0.29) is 29.1 Å². The Morgan fingerprint density at radius 2 is 0.610 bits per heavy atom. The summed E-state index contributed by atoms with van der Waals surface area (Å²) in [5.41, 5.74) is 0. The van der Waals surface area contributed by atoms with Crippen LogP contribution in [0.1, 0.15) is 182 Å². The van der Waals surface area contributed by atoms with E-state index < -0.39 is 15.2 Å². The van der Waals surface area contributed by atoms with Crippen molar-refractivity contribution in [1.29, 1.82) is 0 Å². The molecular weight excluding hydrogens is 601 g/mol. The number of unbranched alkanes of at least 4 members (excludes halogenated alkanes) is 20. The molecular formula is C32H68CoO6P2. The Morgan fingerprint density at radius 1 is 0.390 bits per heavy atom. The molecule has 0 spiro atoms. The van der Waals surface area contributed by atoms with E-state index in [4.69, 9.17) is 9.05 Å². The van der Waals surface area contributed by atoms with Gasteiger partial charge in [-0.3, -0.25) is 0 Å². The molecule has 0 saturated heterocycles. The SMILES string of the molecule is CCCCCCCCOP(=O)([O-])CCCCCCCC.CCCCCCCCOP(=O)([O-])CCCCCCCC.[Co+2]. The fourth-order valence-corrected chi connectivity index (χ4v) is 6.77. The van der Waals surface area contributed by atoms with E-state index in [1.165, 1.54) is 89.9 Å². The molecule has 0 aromatic rings. The molecule has 1 radical (unpaired) electrons. The fourth-order valence-electron chi connectivity index (χ4n) is 4.47. The molecule has 0 saturated carbocycles. The van der Waals surface area contributed by atoms with Crippen LogP contribution in [-0.2, 0) is 35.0 Å². The van der Waals surface area contributed by atoms with Crippen LogP contribution >= 0.6 is 15.2 Å². The van der Waals surface area contributed by atoms with E-state index in [0.717, 1.165) is 64.2 Å². The van der Waals surface area contributed by atoms with Crippen molar-refractivity contribution in [2.24, 2.45) is 0 Å². The molecule has 0 aliphatic rings. The number of hydrogen-bond donors (Lipinski definition) is 0. The van der Waals surface area contributed by atoms with Crippen LogP contribution in [0, 0.1) is 0 Å². The first-order chi connectivity index (χ1) is 19.2. The normalized spacial score (nSPS) is 14.0. The Morgan fingerprint density at radius 3 is 0.878 bits per heavy atom. The van der Waals surface area contributed by atoms with E-state index in [1.807, 2.05) is 0 Å². The van der Waals surface area contributed by atoms with Crippen LogP contribution in [0.25, 0.3) is 0 Å². The van der Waals surface area contributed by atoms with Crippen molar-refractivity contribution in [3.8, 4) is 0 Å². The summed E-state index contributed by atoms with van der Waals surface area (Å²) >= 11 is 0. The molecule has 9 heteroatoms. The second-order valence-electron chi connectivity index (χ2n) is 11.4. The first-order valence-electron chi connectivity index (χ1n) is 17.1. The summed E-state index contributed by atoms with van der Waals surface area (Å²) in [7, 11) is -7.12. The first-order valence-corrected chi connectivity index (χ1v) is 20.6. The summed E-state index contributed by atoms with van der Waals surface area (Å²) in [6, 6.07) is 0. The van der Waals surface area contributed by atoms with Gasteiger partial charge in [-0.05, 0) is 25.7 Å². The molecule has 0 bridgehead atoms. The van der Waals surface area contributed by atoms with Gasteiger partial charge in [-0.1, -0.05) is 156 Å². The topological polar surface area (TPSA) is 98.7 Å². The van der Waals surface area contributed by atoms with Crippen LogP contribution in [0.2, 0.25) is 0 Å². The molecule has 0 fully saturated rings. The van der Waals surface area contributed by atoms with E-state index in [1.54, 1.807) is 0 Å². The van der Waals surface area contributed by atoms with Gasteiger partial charge in [0.15, 0.2) is 0 Å². The molecule has 0 aromatic carbocycles. The quantitative estimate of drug-likeness (QED) is 0.0557. The Balaban J connectivity index is -0.000000688. The molecule has 6 nitrogen and oxygen atoms in total. The zero-order valence-electron chi connectivity index (χ0n) is 27.5. The minimum absolute atomic E-state index is 0. The van der Waals surface area contributed by atoms with Gasteiger partial charge in [-0.2, -0.15) is 0 Å². The fraction of sp³-hybridized carbons (Fsp3) is 1.00. The molecule has 0 aliphatic carbocycles. The van der Waals surface area contributed by atoms with Gasteiger partial charge in [0.05, 0.1) is 13.2 Å². The van der Waals surface area contributed by atoms with Gasteiger partial charge in [0.25, 0.3) is 0 Å².